The first-order valence-electron chi connectivity index (χ1n) is 6.58. The zero-order chi connectivity index (χ0) is 13.0. The van der Waals surface area contributed by atoms with Crippen molar-refractivity contribution in [1.82, 2.24) is 9.97 Å². The van der Waals surface area contributed by atoms with E-state index in [0.29, 0.717) is 17.8 Å². The summed E-state index contributed by atoms with van der Waals surface area (Å²) in [6.07, 6.45) is 6.44. The smallest absolute Gasteiger partial charge is 0.221 e. The van der Waals surface area contributed by atoms with Gasteiger partial charge in [0.1, 0.15) is 12.1 Å². The highest BCUT2D eigenvalue weighted by molar-refractivity contribution is 5.48. The molecule has 2 rings (SSSR count). The molecule has 100 valence electrons. The number of anilines is 1. The Hall–Kier alpha value is -1.36. The molecule has 1 saturated carbocycles. The van der Waals surface area contributed by atoms with Gasteiger partial charge in [-0.2, -0.15) is 0 Å². The number of hydrogen-bond acceptors (Lipinski definition) is 5. The van der Waals surface area contributed by atoms with Crippen molar-refractivity contribution in [1.29, 1.82) is 0 Å². The number of rotatable bonds is 4. The lowest BCUT2D eigenvalue weighted by atomic mass is 9.84. The molecule has 0 amide bonds. The van der Waals surface area contributed by atoms with Crippen LogP contribution in [0.15, 0.2) is 6.33 Å². The monoisotopic (exact) mass is 250 g/mol. The van der Waals surface area contributed by atoms with E-state index < -0.39 is 0 Å². The summed E-state index contributed by atoms with van der Waals surface area (Å²) in [6, 6.07) is 0.419. The van der Waals surface area contributed by atoms with Crippen LogP contribution in [-0.2, 0) is 0 Å². The van der Waals surface area contributed by atoms with Crippen molar-refractivity contribution in [2.75, 3.05) is 19.0 Å². The summed E-state index contributed by atoms with van der Waals surface area (Å²) in [5.74, 6) is 2.04. The van der Waals surface area contributed by atoms with Crippen LogP contribution in [0.4, 0.5) is 5.82 Å². The van der Waals surface area contributed by atoms with Crippen molar-refractivity contribution in [3.05, 3.63) is 11.9 Å². The molecule has 0 spiro atoms. The number of ether oxygens (including phenoxy) is 1. The van der Waals surface area contributed by atoms with Gasteiger partial charge < -0.3 is 15.8 Å². The minimum atomic E-state index is 0.419. The molecule has 0 saturated heterocycles. The average Bonchev–Trinajstić information content (AvgIpc) is 2.42. The number of hydrogen-bond donors (Lipinski definition) is 2. The maximum absolute atomic E-state index is 5.84. The summed E-state index contributed by atoms with van der Waals surface area (Å²) < 4.78 is 5.21. The first-order valence-corrected chi connectivity index (χ1v) is 6.58. The number of nitrogens with one attached hydrogen (secondary N) is 1. The van der Waals surface area contributed by atoms with Crippen LogP contribution in [-0.4, -0.2) is 29.7 Å². The van der Waals surface area contributed by atoms with E-state index in [2.05, 4.69) is 15.3 Å². The van der Waals surface area contributed by atoms with Gasteiger partial charge in [0.05, 0.1) is 12.7 Å². The fraction of sp³-hybridized carbons (Fsp3) is 0.692. The van der Waals surface area contributed by atoms with E-state index >= 15 is 0 Å². The van der Waals surface area contributed by atoms with Gasteiger partial charge in [0, 0.05) is 6.04 Å². The predicted octanol–water partition coefficient (Wildman–Crippen LogP) is 1.72. The van der Waals surface area contributed by atoms with Gasteiger partial charge in [-0.3, -0.25) is 0 Å². The molecule has 1 aromatic rings. The van der Waals surface area contributed by atoms with E-state index in [0.717, 1.165) is 24.3 Å². The van der Waals surface area contributed by atoms with Gasteiger partial charge in [-0.15, -0.1) is 0 Å². The fourth-order valence-electron chi connectivity index (χ4n) is 2.64. The molecule has 1 aliphatic rings. The molecular formula is C13H22N4O. The van der Waals surface area contributed by atoms with Crippen LogP contribution in [0.5, 0.6) is 5.88 Å². The molecule has 5 nitrogen and oxygen atoms in total. The van der Waals surface area contributed by atoms with E-state index in [1.165, 1.54) is 25.6 Å². The molecule has 2 atom stereocenters. The van der Waals surface area contributed by atoms with Crippen LogP contribution < -0.4 is 15.8 Å². The number of methoxy groups -OCH3 is 1. The Bertz CT molecular complexity index is 397. The number of nitrogens with two attached hydrogens (primary N) is 1. The SMILES string of the molecule is COc1ncnc(NC2CCCCC2CN)c1C. The lowest BCUT2D eigenvalue weighted by Gasteiger charge is -2.32. The van der Waals surface area contributed by atoms with Gasteiger partial charge in [-0.05, 0) is 32.2 Å². The molecule has 3 N–H and O–H groups in total. The van der Waals surface area contributed by atoms with Crippen LogP contribution in [0, 0.1) is 12.8 Å². The molecule has 0 radical (unpaired) electrons. The summed E-state index contributed by atoms with van der Waals surface area (Å²) in [4.78, 5) is 8.40. The Morgan fingerprint density at radius 3 is 2.89 bits per heavy atom. The molecule has 5 heteroatoms. The van der Waals surface area contributed by atoms with Crippen LogP contribution in [0.25, 0.3) is 0 Å². The molecule has 0 bridgehead atoms. The number of nitrogens with zero attached hydrogens (tertiary/aromatic N) is 2. The van der Waals surface area contributed by atoms with Crippen LogP contribution >= 0.6 is 0 Å². The highest BCUT2D eigenvalue weighted by atomic mass is 16.5. The predicted molar refractivity (Wildman–Crippen MR) is 71.7 cm³/mol. The second kappa shape index (κ2) is 6.00. The normalized spacial score (nSPS) is 23.7. The van der Waals surface area contributed by atoms with Crippen LogP contribution in [0.3, 0.4) is 0 Å². The summed E-state index contributed by atoms with van der Waals surface area (Å²) in [5.41, 5.74) is 6.80. The van der Waals surface area contributed by atoms with E-state index in [4.69, 9.17) is 10.5 Å². The quantitative estimate of drug-likeness (QED) is 0.851. The van der Waals surface area contributed by atoms with Gasteiger partial charge in [-0.1, -0.05) is 12.8 Å². The zero-order valence-corrected chi connectivity index (χ0v) is 11.1. The first-order chi connectivity index (χ1) is 8.76. The first kappa shape index (κ1) is 13.1. The lowest BCUT2D eigenvalue weighted by Crippen LogP contribution is -2.37. The van der Waals surface area contributed by atoms with Crippen molar-refractivity contribution < 1.29 is 4.74 Å². The maximum atomic E-state index is 5.84. The average molecular weight is 250 g/mol. The lowest BCUT2D eigenvalue weighted by molar-refractivity contribution is 0.331. The molecule has 0 aromatic carbocycles. The Labute approximate surface area is 108 Å². The van der Waals surface area contributed by atoms with Gasteiger partial charge in [-0.25, -0.2) is 9.97 Å². The minimum Gasteiger partial charge on any atom is -0.481 e. The molecule has 1 aliphatic carbocycles. The third-order valence-electron chi connectivity index (χ3n) is 3.77. The standard InChI is InChI=1S/C13H22N4O/c1-9-12(15-8-16-13(9)18-2)17-11-6-4-3-5-10(11)7-14/h8,10-11H,3-7,14H2,1-2H3,(H,15,16,17). The van der Waals surface area contributed by atoms with Gasteiger partial charge in [0.25, 0.3) is 0 Å². The maximum Gasteiger partial charge on any atom is 0.221 e. The zero-order valence-electron chi connectivity index (χ0n) is 11.1. The molecule has 2 unspecified atom stereocenters. The summed E-state index contributed by atoms with van der Waals surface area (Å²) in [7, 11) is 1.63. The topological polar surface area (TPSA) is 73.1 Å². The second-order valence-electron chi connectivity index (χ2n) is 4.89. The van der Waals surface area contributed by atoms with Crippen LogP contribution in [0.2, 0.25) is 0 Å². The molecular weight excluding hydrogens is 228 g/mol. The van der Waals surface area contributed by atoms with Crippen LogP contribution in [0.1, 0.15) is 31.2 Å². The molecule has 1 aromatic heterocycles. The van der Waals surface area contributed by atoms with Crippen molar-refractivity contribution in [3.63, 3.8) is 0 Å². The van der Waals surface area contributed by atoms with Crippen molar-refractivity contribution in [3.8, 4) is 5.88 Å². The Morgan fingerprint density at radius 1 is 1.39 bits per heavy atom. The van der Waals surface area contributed by atoms with E-state index in [1.807, 2.05) is 6.92 Å². The summed E-state index contributed by atoms with van der Waals surface area (Å²) in [5, 5.41) is 3.51. The molecule has 0 aliphatic heterocycles. The Kier molecular flexibility index (Phi) is 4.36. The third kappa shape index (κ3) is 2.72. The van der Waals surface area contributed by atoms with E-state index in [-0.39, 0.29) is 0 Å². The van der Waals surface area contributed by atoms with Gasteiger partial charge >= 0.3 is 0 Å². The molecule has 1 fully saturated rings. The summed E-state index contributed by atoms with van der Waals surface area (Å²) in [6.45, 7) is 2.71. The highest BCUT2D eigenvalue weighted by Gasteiger charge is 2.24. The molecule has 18 heavy (non-hydrogen) atoms. The van der Waals surface area contributed by atoms with Gasteiger partial charge in [0.2, 0.25) is 5.88 Å². The second-order valence-corrected chi connectivity index (χ2v) is 4.89. The van der Waals surface area contributed by atoms with E-state index in [9.17, 15) is 0 Å². The minimum absolute atomic E-state index is 0.419. The van der Waals surface area contributed by atoms with Gasteiger partial charge in [0.15, 0.2) is 0 Å². The number of aromatic nitrogens is 2. The third-order valence-corrected chi connectivity index (χ3v) is 3.77. The van der Waals surface area contributed by atoms with Crippen molar-refractivity contribution >= 4 is 5.82 Å². The fourth-order valence-corrected chi connectivity index (χ4v) is 2.64. The largest absolute Gasteiger partial charge is 0.481 e. The highest BCUT2D eigenvalue weighted by Crippen LogP contribution is 2.28. The van der Waals surface area contributed by atoms with Crippen molar-refractivity contribution in [2.24, 2.45) is 11.7 Å². The summed E-state index contributed by atoms with van der Waals surface area (Å²) >= 11 is 0. The Balaban J connectivity index is 2.12. The Morgan fingerprint density at radius 2 is 2.17 bits per heavy atom. The van der Waals surface area contributed by atoms with E-state index in [1.54, 1.807) is 7.11 Å². The molecule has 1 heterocycles. The van der Waals surface area contributed by atoms with Crippen molar-refractivity contribution in [2.45, 2.75) is 38.6 Å².